The van der Waals surface area contributed by atoms with Crippen LogP contribution < -0.4 is 5.43 Å². The zero-order valence-corrected chi connectivity index (χ0v) is 15.0. The van der Waals surface area contributed by atoms with Crippen molar-refractivity contribution in [2.24, 2.45) is 21.9 Å². The second kappa shape index (κ2) is 10.5. The summed E-state index contributed by atoms with van der Waals surface area (Å²) in [5.41, 5.74) is 3.38. The quantitative estimate of drug-likeness (QED) is 0.426. The van der Waals surface area contributed by atoms with Gasteiger partial charge in [0.2, 0.25) is 0 Å². The van der Waals surface area contributed by atoms with Crippen molar-refractivity contribution in [1.82, 2.24) is 5.43 Å². The van der Waals surface area contributed by atoms with Gasteiger partial charge in [0.15, 0.2) is 5.78 Å². The predicted octanol–water partition coefficient (Wildman–Crippen LogP) is 3.75. The molecule has 0 bridgehead atoms. The van der Waals surface area contributed by atoms with Crippen LogP contribution >= 0.6 is 0 Å². The Morgan fingerprint density at radius 1 is 1.08 bits per heavy atom. The van der Waals surface area contributed by atoms with Gasteiger partial charge in [0.1, 0.15) is 6.54 Å². The van der Waals surface area contributed by atoms with Gasteiger partial charge in [-0.3, -0.25) is 14.6 Å². The first kappa shape index (κ1) is 19.7. The number of rotatable bonds is 9. The van der Waals surface area contributed by atoms with Crippen LogP contribution in [-0.4, -0.2) is 30.7 Å². The zero-order chi connectivity index (χ0) is 17.9. The first-order valence-electron chi connectivity index (χ1n) is 8.44. The normalized spacial score (nSPS) is 14.0. The van der Waals surface area contributed by atoms with Crippen molar-refractivity contribution in [2.45, 2.75) is 40.5 Å². The standard InChI is InChI=1S/C19H27N3O2/c1-5-14(3)11-20-13-18(23)16-8-7-9-17(10-16)19(24)22-21-12-15(4)6-2/h7-12,14-15H,5-6,13H2,1-4H3,(H,22,24)/b20-11?,21-12+. The molecule has 0 aliphatic rings. The summed E-state index contributed by atoms with van der Waals surface area (Å²) in [5, 5.41) is 3.94. The number of hydrogen-bond donors (Lipinski definition) is 1. The number of nitrogens with zero attached hydrogens (tertiary/aromatic N) is 2. The van der Waals surface area contributed by atoms with Crippen LogP contribution in [0.5, 0.6) is 0 Å². The molecule has 0 aliphatic heterocycles. The minimum absolute atomic E-state index is 0.0988. The molecule has 1 N–H and O–H groups in total. The summed E-state index contributed by atoms with van der Waals surface area (Å²) < 4.78 is 0. The van der Waals surface area contributed by atoms with Crippen molar-refractivity contribution in [3.63, 3.8) is 0 Å². The number of ketones is 1. The van der Waals surface area contributed by atoms with Gasteiger partial charge in [0.05, 0.1) is 0 Å². The van der Waals surface area contributed by atoms with E-state index in [-0.39, 0.29) is 18.2 Å². The van der Waals surface area contributed by atoms with E-state index in [0.717, 1.165) is 12.8 Å². The SMILES string of the molecule is CCC(C)C=NCC(=O)c1cccc(C(=O)N/N=C/C(C)CC)c1. The van der Waals surface area contributed by atoms with Crippen molar-refractivity contribution in [2.75, 3.05) is 6.54 Å². The molecule has 5 nitrogen and oxygen atoms in total. The largest absolute Gasteiger partial charge is 0.292 e. The molecule has 0 fully saturated rings. The molecule has 1 aromatic carbocycles. The molecular weight excluding hydrogens is 302 g/mol. The highest BCUT2D eigenvalue weighted by Crippen LogP contribution is 2.07. The molecule has 0 radical (unpaired) electrons. The number of carbonyl (C=O) groups excluding carboxylic acids is 2. The second-order valence-corrected chi connectivity index (χ2v) is 5.98. The summed E-state index contributed by atoms with van der Waals surface area (Å²) in [6.45, 7) is 8.30. The number of hydrazone groups is 1. The lowest BCUT2D eigenvalue weighted by molar-refractivity contribution is 0.0955. The van der Waals surface area contributed by atoms with Gasteiger partial charge < -0.3 is 0 Å². The van der Waals surface area contributed by atoms with Crippen molar-refractivity contribution < 1.29 is 9.59 Å². The first-order valence-corrected chi connectivity index (χ1v) is 8.44. The molecular formula is C19H27N3O2. The van der Waals surface area contributed by atoms with E-state index >= 15 is 0 Å². The Labute approximate surface area is 144 Å². The summed E-state index contributed by atoms with van der Waals surface area (Å²) in [5.74, 6) is 0.236. The van der Waals surface area contributed by atoms with Crippen LogP contribution in [0, 0.1) is 11.8 Å². The number of amides is 1. The van der Waals surface area contributed by atoms with Crippen molar-refractivity contribution >= 4 is 24.1 Å². The van der Waals surface area contributed by atoms with Crippen molar-refractivity contribution in [1.29, 1.82) is 0 Å². The van der Waals surface area contributed by atoms with E-state index in [0.29, 0.717) is 23.0 Å². The monoisotopic (exact) mass is 329 g/mol. The van der Waals surface area contributed by atoms with Gasteiger partial charge in [0.25, 0.3) is 5.91 Å². The zero-order valence-electron chi connectivity index (χ0n) is 15.0. The highest BCUT2D eigenvalue weighted by Gasteiger charge is 2.10. The predicted molar refractivity (Wildman–Crippen MR) is 99.0 cm³/mol. The molecule has 0 saturated carbocycles. The lowest BCUT2D eigenvalue weighted by Crippen LogP contribution is -2.19. The van der Waals surface area contributed by atoms with Crippen LogP contribution in [0.2, 0.25) is 0 Å². The van der Waals surface area contributed by atoms with Gasteiger partial charge in [-0.15, -0.1) is 0 Å². The van der Waals surface area contributed by atoms with E-state index in [4.69, 9.17) is 0 Å². The molecule has 130 valence electrons. The fourth-order valence-electron chi connectivity index (χ4n) is 1.74. The average Bonchev–Trinajstić information content (AvgIpc) is 2.61. The van der Waals surface area contributed by atoms with Crippen LogP contribution in [0.3, 0.4) is 0 Å². The fraction of sp³-hybridized carbons (Fsp3) is 0.474. The molecule has 2 atom stereocenters. The van der Waals surface area contributed by atoms with E-state index in [2.05, 4.69) is 36.3 Å². The Bertz CT molecular complexity index is 559. The van der Waals surface area contributed by atoms with Gasteiger partial charge in [-0.2, -0.15) is 5.10 Å². The molecule has 0 aliphatic carbocycles. The third kappa shape index (κ3) is 6.86. The van der Waals surface area contributed by atoms with E-state index in [1.54, 1.807) is 36.7 Å². The minimum atomic E-state index is -0.327. The Hall–Kier alpha value is -2.30. The molecule has 0 aromatic heterocycles. The summed E-state index contributed by atoms with van der Waals surface area (Å²) in [6, 6.07) is 6.63. The Morgan fingerprint density at radius 3 is 2.38 bits per heavy atom. The molecule has 0 spiro atoms. The topological polar surface area (TPSA) is 70.9 Å². The third-order valence-corrected chi connectivity index (χ3v) is 3.82. The summed E-state index contributed by atoms with van der Waals surface area (Å²) in [4.78, 5) is 28.4. The van der Waals surface area contributed by atoms with E-state index in [1.165, 1.54) is 0 Å². The summed E-state index contributed by atoms with van der Waals surface area (Å²) >= 11 is 0. The number of benzene rings is 1. The Morgan fingerprint density at radius 2 is 1.71 bits per heavy atom. The van der Waals surface area contributed by atoms with Gasteiger partial charge in [-0.1, -0.05) is 39.8 Å². The third-order valence-electron chi connectivity index (χ3n) is 3.82. The highest BCUT2D eigenvalue weighted by atomic mass is 16.2. The number of nitrogens with one attached hydrogen (secondary N) is 1. The lowest BCUT2D eigenvalue weighted by atomic mass is 10.1. The molecule has 1 amide bonds. The smallest absolute Gasteiger partial charge is 0.271 e. The molecule has 1 rings (SSSR count). The highest BCUT2D eigenvalue weighted by molar-refractivity contribution is 6.01. The number of hydrogen-bond acceptors (Lipinski definition) is 4. The lowest BCUT2D eigenvalue weighted by Gasteiger charge is -2.04. The number of aliphatic imine (C=N–C) groups is 1. The number of carbonyl (C=O) groups is 2. The molecule has 1 aromatic rings. The van der Waals surface area contributed by atoms with Crippen LogP contribution in [0.15, 0.2) is 34.4 Å². The molecule has 5 heteroatoms. The summed E-state index contributed by atoms with van der Waals surface area (Å²) in [6.07, 6.45) is 5.46. The van der Waals surface area contributed by atoms with Gasteiger partial charge >= 0.3 is 0 Å². The minimum Gasteiger partial charge on any atom is -0.292 e. The molecule has 0 heterocycles. The number of Topliss-reactive ketones (excluding diaryl/α,β-unsaturated/α-hetero) is 1. The molecule has 0 saturated heterocycles. The molecule has 24 heavy (non-hydrogen) atoms. The Balaban J connectivity index is 2.68. The van der Waals surface area contributed by atoms with E-state index < -0.39 is 0 Å². The van der Waals surface area contributed by atoms with E-state index in [9.17, 15) is 9.59 Å². The van der Waals surface area contributed by atoms with Crippen molar-refractivity contribution in [3.05, 3.63) is 35.4 Å². The van der Waals surface area contributed by atoms with Crippen LogP contribution in [0.25, 0.3) is 0 Å². The van der Waals surface area contributed by atoms with Crippen LogP contribution in [0.4, 0.5) is 0 Å². The van der Waals surface area contributed by atoms with Gasteiger partial charge in [-0.25, -0.2) is 5.43 Å². The Kier molecular flexibility index (Phi) is 8.61. The van der Waals surface area contributed by atoms with Gasteiger partial charge in [-0.05, 0) is 36.8 Å². The van der Waals surface area contributed by atoms with Crippen LogP contribution in [0.1, 0.15) is 61.3 Å². The average molecular weight is 329 g/mol. The van der Waals surface area contributed by atoms with Gasteiger partial charge in [0, 0.05) is 23.6 Å². The van der Waals surface area contributed by atoms with Crippen LogP contribution in [-0.2, 0) is 0 Å². The maximum Gasteiger partial charge on any atom is 0.271 e. The molecule has 2 unspecified atom stereocenters. The fourth-order valence-corrected chi connectivity index (χ4v) is 1.74. The summed E-state index contributed by atoms with van der Waals surface area (Å²) in [7, 11) is 0. The maximum atomic E-state index is 12.2. The van der Waals surface area contributed by atoms with E-state index in [1.807, 2.05) is 6.92 Å². The maximum absolute atomic E-state index is 12.2. The first-order chi connectivity index (χ1) is 11.5. The van der Waals surface area contributed by atoms with Crippen molar-refractivity contribution in [3.8, 4) is 0 Å². The second-order valence-electron chi connectivity index (χ2n) is 5.98.